The van der Waals surface area contributed by atoms with Crippen molar-refractivity contribution in [2.24, 2.45) is 5.73 Å². The number of carbonyl (C=O) groups is 1. The molecule has 6 heteroatoms. The van der Waals surface area contributed by atoms with Gasteiger partial charge in [-0.3, -0.25) is 4.79 Å². The Morgan fingerprint density at radius 2 is 1.92 bits per heavy atom. The number of nitrogens with zero attached hydrogens (tertiary/aromatic N) is 3. The van der Waals surface area contributed by atoms with Gasteiger partial charge in [-0.2, -0.15) is 0 Å². The van der Waals surface area contributed by atoms with Crippen molar-refractivity contribution in [1.82, 2.24) is 14.5 Å². The number of para-hydroxylation sites is 2. The Morgan fingerprint density at radius 3 is 2.78 bits per heavy atom. The minimum absolute atomic E-state index is 0.151. The van der Waals surface area contributed by atoms with Gasteiger partial charge in [-0.25, -0.2) is 4.98 Å². The highest BCUT2D eigenvalue weighted by atomic mass is 16.5. The van der Waals surface area contributed by atoms with Crippen LogP contribution in [0, 0.1) is 0 Å². The molecule has 1 aromatic heterocycles. The Hall–Kier alpha value is -3.22. The summed E-state index contributed by atoms with van der Waals surface area (Å²) in [6.07, 6.45) is 4.89. The summed E-state index contributed by atoms with van der Waals surface area (Å²) < 4.78 is 7.64. The van der Waals surface area contributed by atoms with Crippen molar-refractivity contribution < 1.29 is 9.53 Å². The third-order valence-corrected chi connectivity index (χ3v) is 7.28. The van der Waals surface area contributed by atoms with Crippen molar-refractivity contribution in [3.63, 3.8) is 0 Å². The average Bonchev–Trinajstić information content (AvgIpc) is 3.27. The maximum Gasteiger partial charge on any atom is 0.224 e. The van der Waals surface area contributed by atoms with Crippen LogP contribution in [0.15, 0.2) is 66.7 Å². The third-order valence-electron chi connectivity index (χ3n) is 7.28. The van der Waals surface area contributed by atoms with Crippen LogP contribution in [-0.4, -0.2) is 53.2 Å². The van der Waals surface area contributed by atoms with Crippen LogP contribution in [0.25, 0.3) is 21.8 Å². The van der Waals surface area contributed by atoms with E-state index in [1.807, 2.05) is 17.0 Å². The van der Waals surface area contributed by atoms with Gasteiger partial charge in [0, 0.05) is 45.7 Å². The number of amides is 1. The van der Waals surface area contributed by atoms with Crippen LogP contribution in [0.4, 0.5) is 0 Å². The number of hydrogen-bond acceptors (Lipinski definition) is 4. The van der Waals surface area contributed by atoms with Crippen LogP contribution in [0.2, 0.25) is 0 Å². The molecule has 5 rings (SSSR count). The number of aryl methyl sites for hydroxylation is 1. The molecule has 2 heterocycles. The van der Waals surface area contributed by atoms with Gasteiger partial charge in [0.2, 0.25) is 5.91 Å². The Morgan fingerprint density at radius 1 is 1.11 bits per heavy atom. The van der Waals surface area contributed by atoms with E-state index in [4.69, 9.17) is 15.5 Å². The highest BCUT2D eigenvalue weighted by Crippen LogP contribution is 2.29. The zero-order valence-corrected chi connectivity index (χ0v) is 21.1. The summed E-state index contributed by atoms with van der Waals surface area (Å²) in [4.78, 5) is 20.2. The quantitative estimate of drug-likeness (QED) is 0.343. The van der Waals surface area contributed by atoms with Crippen LogP contribution >= 0.6 is 0 Å². The van der Waals surface area contributed by atoms with Crippen molar-refractivity contribution in [2.75, 3.05) is 26.8 Å². The molecule has 0 aliphatic carbocycles. The van der Waals surface area contributed by atoms with Gasteiger partial charge in [0.15, 0.2) is 0 Å². The maximum absolute atomic E-state index is 13.3. The number of ether oxygens (including phenoxy) is 1. The number of nitrogens with two attached hydrogens (primary N) is 1. The summed E-state index contributed by atoms with van der Waals surface area (Å²) in [5.74, 6) is 1.24. The molecule has 4 aromatic rings. The SMILES string of the molecule is COCCCc1nc2ccccc2n1C1CCCN(C(=O)CC(N)Cc2ccc3ccccc3c2)C1. The van der Waals surface area contributed by atoms with Gasteiger partial charge < -0.3 is 19.9 Å². The molecule has 3 aromatic carbocycles. The van der Waals surface area contributed by atoms with E-state index in [0.717, 1.165) is 49.1 Å². The molecule has 0 saturated carbocycles. The number of piperidine rings is 1. The number of carbonyl (C=O) groups excluding carboxylic acids is 1. The fraction of sp³-hybridized carbons (Fsp3) is 0.400. The zero-order chi connectivity index (χ0) is 24.9. The van der Waals surface area contributed by atoms with Gasteiger partial charge in [0.1, 0.15) is 5.82 Å². The molecule has 1 saturated heterocycles. The summed E-state index contributed by atoms with van der Waals surface area (Å²) in [6.45, 7) is 2.22. The second kappa shape index (κ2) is 11.2. The van der Waals surface area contributed by atoms with Crippen LogP contribution in [0.1, 0.15) is 43.1 Å². The number of imidazole rings is 1. The van der Waals surface area contributed by atoms with Gasteiger partial charge in [-0.1, -0.05) is 54.6 Å². The van der Waals surface area contributed by atoms with Crippen molar-refractivity contribution in [1.29, 1.82) is 0 Å². The van der Waals surface area contributed by atoms with Crippen molar-refractivity contribution in [3.05, 3.63) is 78.1 Å². The number of benzene rings is 3. The molecule has 1 aliphatic heterocycles. The molecule has 1 fully saturated rings. The highest BCUT2D eigenvalue weighted by Gasteiger charge is 2.28. The smallest absolute Gasteiger partial charge is 0.224 e. The average molecular weight is 485 g/mol. The number of likely N-dealkylation sites (tertiary alicyclic amines) is 1. The summed E-state index contributed by atoms with van der Waals surface area (Å²) in [5, 5.41) is 2.43. The van der Waals surface area contributed by atoms with E-state index in [9.17, 15) is 4.79 Å². The standard InChI is InChI=1S/C30H36N4O2/c1-36-17-7-13-29-32-27-11-4-5-12-28(27)34(29)26-10-6-16-33(21-26)30(35)20-25(31)19-22-14-15-23-8-2-3-9-24(23)18-22/h2-5,8-9,11-12,14-15,18,25-26H,6-7,10,13,16-17,19-21,31H2,1H3. The molecule has 1 amide bonds. The molecule has 0 bridgehead atoms. The zero-order valence-electron chi connectivity index (χ0n) is 21.1. The topological polar surface area (TPSA) is 73.4 Å². The predicted molar refractivity (Wildman–Crippen MR) is 145 cm³/mol. The van der Waals surface area contributed by atoms with Crippen molar-refractivity contribution in [3.8, 4) is 0 Å². The monoisotopic (exact) mass is 484 g/mol. The molecule has 0 spiro atoms. The summed E-state index contributed by atoms with van der Waals surface area (Å²) in [7, 11) is 1.73. The normalized spacial score (nSPS) is 17.1. The number of fused-ring (bicyclic) bond motifs is 2. The lowest BCUT2D eigenvalue weighted by Crippen LogP contribution is -2.43. The van der Waals surface area contributed by atoms with Crippen LogP contribution in [0.3, 0.4) is 0 Å². The Bertz CT molecular complexity index is 1330. The fourth-order valence-corrected chi connectivity index (χ4v) is 5.54. The fourth-order valence-electron chi connectivity index (χ4n) is 5.54. The molecule has 1 aliphatic rings. The molecule has 6 nitrogen and oxygen atoms in total. The van der Waals surface area contributed by atoms with Crippen LogP contribution < -0.4 is 5.73 Å². The molecule has 2 atom stereocenters. The van der Waals surface area contributed by atoms with E-state index in [1.54, 1.807) is 7.11 Å². The molecule has 188 valence electrons. The van der Waals surface area contributed by atoms with E-state index in [1.165, 1.54) is 16.3 Å². The van der Waals surface area contributed by atoms with Crippen LogP contribution in [-0.2, 0) is 22.4 Å². The number of rotatable bonds is 9. The second-order valence-electron chi connectivity index (χ2n) is 9.97. The van der Waals surface area contributed by atoms with Crippen molar-refractivity contribution in [2.45, 2.75) is 50.6 Å². The van der Waals surface area contributed by atoms with E-state index >= 15 is 0 Å². The molecule has 0 radical (unpaired) electrons. The number of methoxy groups -OCH3 is 1. The molecular weight excluding hydrogens is 448 g/mol. The van der Waals surface area contributed by atoms with E-state index < -0.39 is 0 Å². The lowest BCUT2D eigenvalue weighted by Gasteiger charge is -2.35. The van der Waals surface area contributed by atoms with E-state index in [2.05, 4.69) is 59.2 Å². The Kier molecular flexibility index (Phi) is 7.63. The largest absolute Gasteiger partial charge is 0.385 e. The van der Waals surface area contributed by atoms with Gasteiger partial charge >= 0.3 is 0 Å². The summed E-state index contributed by atoms with van der Waals surface area (Å²) in [6, 6.07) is 23.1. The van der Waals surface area contributed by atoms with Gasteiger partial charge in [0.25, 0.3) is 0 Å². The molecule has 2 N–H and O–H groups in total. The third kappa shape index (κ3) is 5.45. The summed E-state index contributed by atoms with van der Waals surface area (Å²) >= 11 is 0. The first-order chi connectivity index (χ1) is 17.6. The Labute approximate surface area is 213 Å². The minimum atomic E-state index is -0.197. The van der Waals surface area contributed by atoms with Gasteiger partial charge in [-0.05, 0) is 54.2 Å². The highest BCUT2D eigenvalue weighted by molar-refractivity contribution is 5.83. The number of aromatic nitrogens is 2. The van der Waals surface area contributed by atoms with Crippen molar-refractivity contribution >= 4 is 27.7 Å². The lowest BCUT2D eigenvalue weighted by molar-refractivity contribution is -0.133. The Balaban J connectivity index is 1.26. The number of hydrogen-bond donors (Lipinski definition) is 1. The van der Waals surface area contributed by atoms with E-state index in [-0.39, 0.29) is 18.0 Å². The van der Waals surface area contributed by atoms with Gasteiger partial charge in [0.05, 0.1) is 17.1 Å². The van der Waals surface area contributed by atoms with Gasteiger partial charge in [-0.15, -0.1) is 0 Å². The molecule has 2 unspecified atom stereocenters. The molecular formula is C30H36N4O2. The van der Waals surface area contributed by atoms with E-state index in [0.29, 0.717) is 26.0 Å². The second-order valence-corrected chi connectivity index (χ2v) is 9.97. The minimum Gasteiger partial charge on any atom is -0.385 e. The lowest BCUT2D eigenvalue weighted by atomic mass is 9.99. The first-order valence-corrected chi connectivity index (χ1v) is 13.1. The van der Waals surface area contributed by atoms with Crippen LogP contribution in [0.5, 0.6) is 0 Å². The first kappa shape index (κ1) is 24.5. The maximum atomic E-state index is 13.3. The first-order valence-electron chi connectivity index (χ1n) is 13.1. The predicted octanol–water partition coefficient (Wildman–Crippen LogP) is 4.89. The summed E-state index contributed by atoms with van der Waals surface area (Å²) in [5.41, 5.74) is 9.82. The molecule has 36 heavy (non-hydrogen) atoms.